The summed E-state index contributed by atoms with van der Waals surface area (Å²) in [5.74, 6) is -0.00705. The second-order valence-corrected chi connectivity index (χ2v) is 23.9. The Morgan fingerprint density at radius 1 is 0.324 bits per heavy atom. The van der Waals surface area contributed by atoms with Gasteiger partial charge in [0.25, 0.3) is 0 Å². The fourth-order valence-corrected chi connectivity index (χ4v) is 11.2. The Morgan fingerprint density at radius 2 is 0.554 bits per heavy atom. The summed E-state index contributed by atoms with van der Waals surface area (Å²) < 4.78 is 5.51. The van der Waals surface area contributed by atoms with Crippen molar-refractivity contribution in [3.63, 3.8) is 0 Å². The van der Waals surface area contributed by atoms with Crippen LogP contribution < -0.4 is 5.32 Å². The van der Waals surface area contributed by atoms with E-state index in [9.17, 15) is 19.8 Å². The van der Waals surface area contributed by atoms with Crippen molar-refractivity contribution in [2.24, 2.45) is 0 Å². The number of nitrogens with one attached hydrogen (secondary N) is 1. The Hall–Kier alpha value is -1.14. The van der Waals surface area contributed by atoms with Crippen molar-refractivity contribution in [2.45, 2.75) is 411 Å². The van der Waals surface area contributed by atoms with Crippen LogP contribution in [0.5, 0.6) is 0 Å². The molecule has 0 heterocycles. The molecule has 1 amide bonds. The van der Waals surface area contributed by atoms with Crippen molar-refractivity contribution in [2.75, 3.05) is 13.2 Å². The van der Waals surface area contributed by atoms with Crippen molar-refractivity contribution >= 4 is 11.9 Å². The normalized spacial score (nSPS) is 12.4. The van der Waals surface area contributed by atoms with Crippen LogP contribution in [-0.2, 0) is 14.3 Å². The van der Waals surface area contributed by atoms with Crippen LogP contribution in [0.4, 0.5) is 0 Å². The van der Waals surface area contributed by atoms with Gasteiger partial charge in [-0.2, -0.15) is 0 Å². The number of esters is 1. The lowest BCUT2D eigenvalue weighted by atomic mass is 10.0. The quantitative estimate of drug-likeness (QED) is 0.0417. The van der Waals surface area contributed by atoms with Crippen LogP contribution in [0.15, 0.2) is 0 Å². The van der Waals surface area contributed by atoms with Crippen molar-refractivity contribution < 1.29 is 24.5 Å². The van der Waals surface area contributed by atoms with Crippen LogP contribution in [0.3, 0.4) is 0 Å². The number of rotatable bonds is 65. The van der Waals surface area contributed by atoms with E-state index in [2.05, 4.69) is 19.2 Å². The molecule has 74 heavy (non-hydrogen) atoms. The number of ether oxygens (including phenoxy) is 1. The number of hydrogen-bond donors (Lipinski definition) is 3. The van der Waals surface area contributed by atoms with Crippen LogP contribution in [0.2, 0.25) is 0 Å². The zero-order valence-electron chi connectivity index (χ0n) is 50.6. The van der Waals surface area contributed by atoms with Gasteiger partial charge in [-0.25, -0.2) is 0 Å². The van der Waals surface area contributed by atoms with Gasteiger partial charge in [-0.15, -0.1) is 0 Å². The molecule has 0 radical (unpaired) electrons. The predicted molar refractivity (Wildman–Crippen MR) is 324 cm³/mol. The Kier molecular flexibility index (Phi) is 63.4. The van der Waals surface area contributed by atoms with E-state index >= 15 is 0 Å². The fraction of sp³-hybridized carbons (Fsp3) is 0.971. The first-order chi connectivity index (χ1) is 36.5. The lowest BCUT2D eigenvalue weighted by molar-refractivity contribution is -0.143. The van der Waals surface area contributed by atoms with Gasteiger partial charge in [-0.3, -0.25) is 9.59 Å². The Balaban J connectivity index is 3.32. The SMILES string of the molecule is CCCCCCCCCCCCCCCCCCCC(=O)OCCCCCCCCCCCCCCCCCCCCCCCCCCCCC(=O)NC(CO)C(O)CCCCCCCCCCCCCCCC. The molecule has 2 atom stereocenters. The molecule has 0 spiro atoms. The van der Waals surface area contributed by atoms with E-state index < -0.39 is 12.1 Å². The highest BCUT2D eigenvalue weighted by Gasteiger charge is 2.20. The summed E-state index contributed by atoms with van der Waals surface area (Å²) >= 11 is 0. The maximum Gasteiger partial charge on any atom is 0.305 e. The van der Waals surface area contributed by atoms with Gasteiger partial charge in [0.15, 0.2) is 0 Å². The fourth-order valence-electron chi connectivity index (χ4n) is 11.2. The summed E-state index contributed by atoms with van der Waals surface area (Å²) in [6, 6.07) is -0.538. The second kappa shape index (κ2) is 64.4. The third-order valence-corrected chi connectivity index (χ3v) is 16.4. The van der Waals surface area contributed by atoms with Gasteiger partial charge >= 0.3 is 5.97 Å². The number of amides is 1. The van der Waals surface area contributed by atoms with Crippen LogP contribution in [0.25, 0.3) is 0 Å². The Bertz CT molecular complexity index is 1070. The van der Waals surface area contributed by atoms with Crippen LogP contribution >= 0.6 is 0 Å². The van der Waals surface area contributed by atoms with E-state index in [1.54, 1.807) is 0 Å². The van der Waals surface area contributed by atoms with Crippen molar-refractivity contribution in [3.05, 3.63) is 0 Å². The van der Waals surface area contributed by atoms with Gasteiger partial charge < -0.3 is 20.3 Å². The molecule has 0 rings (SSSR count). The monoisotopic (exact) mass is 1050 g/mol. The number of aliphatic hydroxyl groups is 2. The number of aliphatic hydroxyl groups excluding tert-OH is 2. The van der Waals surface area contributed by atoms with Crippen LogP contribution in [0, 0.1) is 0 Å². The molecule has 0 aliphatic rings. The van der Waals surface area contributed by atoms with Gasteiger partial charge in [0.2, 0.25) is 5.91 Å². The van der Waals surface area contributed by atoms with Crippen LogP contribution in [-0.4, -0.2) is 47.4 Å². The standard InChI is InChI=1S/C68H135NO5/c1-3-5-7-9-11-13-15-17-19-30-34-38-42-46-50-54-58-62-68(73)74-63-59-55-51-47-43-39-35-32-29-27-25-23-21-20-22-24-26-28-31-33-37-41-45-49-53-57-61-67(72)69-65(64-70)66(71)60-56-52-48-44-40-36-18-16-14-12-10-8-6-4-2/h65-66,70-71H,3-64H2,1-2H3,(H,69,72). The van der Waals surface area contributed by atoms with Crippen molar-refractivity contribution in [1.29, 1.82) is 0 Å². The molecule has 0 aliphatic carbocycles. The molecule has 2 unspecified atom stereocenters. The number of carbonyl (C=O) groups excluding carboxylic acids is 2. The van der Waals surface area contributed by atoms with Gasteiger partial charge in [0.05, 0.1) is 25.4 Å². The molecule has 0 aromatic heterocycles. The zero-order chi connectivity index (χ0) is 53.6. The number of unbranched alkanes of at least 4 members (excludes halogenated alkanes) is 54. The summed E-state index contributed by atoms with van der Waals surface area (Å²) in [5, 5.41) is 23.3. The van der Waals surface area contributed by atoms with E-state index in [1.807, 2.05) is 0 Å². The first-order valence-corrected chi connectivity index (χ1v) is 34.3. The van der Waals surface area contributed by atoms with Gasteiger partial charge in [-0.1, -0.05) is 361 Å². The lowest BCUT2D eigenvalue weighted by Crippen LogP contribution is -2.45. The average Bonchev–Trinajstić information content (AvgIpc) is 3.40. The van der Waals surface area contributed by atoms with Crippen molar-refractivity contribution in [3.8, 4) is 0 Å². The van der Waals surface area contributed by atoms with Crippen molar-refractivity contribution in [1.82, 2.24) is 5.32 Å². The highest BCUT2D eigenvalue weighted by atomic mass is 16.5. The number of hydrogen-bond acceptors (Lipinski definition) is 5. The molecule has 442 valence electrons. The molecule has 6 heteroatoms. The third kappa shape index (κ3) is 60.1. The van der Waals surface area contributed by atoms with Gasteiger partial charge in [0.1, 0.15) is 0 Å². The third-order valence-electron chi connectivity index (χ3n) is 16.4. The Morgan fingerprint density at radius 3 is 0.824 bits per heavy atom. The van der Waals surface area contributed by atoms with Gasteiger partial charge in [-0.05, 0) is 25.7 Å². The minimum Gasteiger partial charge on any atom is -0.466 e. The summed E-state index contributed by atoms with van der Waals surface area (Å²) in [5.41, 5.74) is 0. The molecule has 0 bridgehead atoms. The molecule has 0 saturated carbocycles. The maximum atomic E-state index is 12.5. The van der Waals surface area contributed by atoms with E-state index in [4.69, 9.17) is 4.74 Å². The zero-order valence-corrected chi connectivity index (χ0v) is 50.6. The first kappa shape index (κ1) is 72.9. The van der Waals surface area contributed by atoms with Gasteiger partial charge in [0, 0.05) is 12.8 Å². The smallest absolute Gasteiger partial charge is 0.305 e. The second-order valence-electron chi connectivity index (χ2n) is 23.9. The predicted octanol–water partition coefficient (Wildman–Crippen LogP) is 21.8. The summed E-state index contributed by atoms with van der Waals surface area (Å²) in [6.45, 7) is 5.00. The Labute approximate surface area is 464 Å². The lowest BCUT2D eigenvalue weighted by Gasteiger charge is -2.22. The highest BCUT2D eigenvalue weighted by Crippen LogP contribution is 2.19. The van der Waals surface area contributed by atoms with E-state index in [0.29, 0.717) is 25.9 Å². The van der Waals surface area contributed by atoms with Crippen LogP contribution in [0.1, 0.15) is 399 Å². The molecule has 3 N–H and O–H groups in total. The topological polar surface area (TPSA) is 95.9 Å². The molecule has 0 fully saturated rings. The largest absolute Gasteiger partial charge is 0.466 e. The molecule has 0 aromatic rings. The molecule has 0 saturated heterocycles. The van der Waals surface area contributed by atoms with E-state index in [0.717, 1.165) is 38.5 Å². The summed E-state index contributed by atoms with van der Waals surface area (Å²) in [4.78, 5) is 24.6. The summed E-state index contributed by atoms with van der Waals surface area (Å²) in [6.07, 6.45) is 77.1. The number of carbonyl (C=O) groups is 2. The highest BCUT2D eigenvalue weighted by molar-refractivity contribution is 5.76. The molecule has 0 aromatic carbocycles. The molecular formula is C68H135NO5. The average molecular weight is 1050 g/mol. The molecule has 6 nitrogen and oxygen atoms in total. The molecule has 0 aliphatic heterocycles. The molecular weight excluding hydrogens is 911 g/mol. The van der Waals surface area contributed by atoms with E-state index in [-0.39, 0.29) is 18.5 Å². The minimum absolute atomic E-state index is 0.0224. The maximum absolute atomic E-state index is 12.5. The van der Waals surface area contributed by atoms with E-state index in [1.165, 1.54) is 327 Å². The first-order valence-electron chi connectivity index (χ1n) is 34.3. The summed E-state index contributed by atoms with van der Waals surface area (Å²) in [7, 11) is 0. The minimum atomic E-state index is -0.661.